The number of hydrogen-bond donors (Lipinski definition) is 3. The SMILES string of the molecule is CCCCNc1nc(N)c2nc(O)n(CCCCN(C)[C@H](C)C(C)C)c2n1. The van der Waals surface area contributed by atoms with Crippen molar-refractivity contribution in [3.8, 4) is 6.01 Å². The van der Waals surface area contributed by atoms with Crippen molar-refractivity contribution in [1.29, 1.82) is 0 Å². The van der Waals surface area contributed by atoms with E-state index in [1.165, 1.54) is 0 Å². The van der Waals surface area contributed by atoms with Crippen LogP contribution in [0.2, 0.25) is 0 Å². The zero-order valence-corrected chi connectivity index (χ0v) is 17.4. The highest BCUT2D eigenvalue weighted by molar-refractivity contribution is 5.84. The molecule has 8 heteroatoms. The third kappa shape index (κ3) is 5.45. The molecule has 0 spiro atoms. The van der Waals surface area contributed by atoms with Crippen LogP contribution in [0.4, 0.5) is 11.8 Å². The van der Waals surface area contributed by atoms with E-state index >= 15 is 0 Å². The second-order valence-corrected chi connectivity index (χ2v) is 7.62. The molecule has 8 nitrogen and oxygen atoms in total. The number of imidazole rings is 1. The lowest BCUT2D eigenvalue weighted by Gasteiger charge is -2.27. The molecule has 0 saturated heterocycles. The highest BCUT2D eigenvalue weighted by atomic mass is 16.3. The molecule has 2 aromatic heterocycles. The quantitative estimate of drug-likeness (QED) is 0.517. The smallest absolute Gasteiger partial charge is 0.296 e. The maximum Gasteiger partial charge on any atom is 0.296 e. The predicted octanol–water partition coefficient (Wildman–Crippen LogP) is 3.08. The number of aromatic hydroxyl groups is 1. The van der Waals surface area contributed by atoms with Crippen LogP contribution in [0.15, 0.2) is 0 Å². The molecule has 0 amide bonds. The Balaban J connectivity index is 2.03. The Morgan fingerprint density at radius 1 is 1.15 bits per heavy atom. The highest BCUT2D eigenvalue weighted by Crippen LogP contribution is 2.24. The minimum absolute atomic E-state index is 0.0550. The van der Waals surface area contributed by atoms with Crippen LogP contribution >= 0.6 is 0 Å². The number of anilines is 2. The number of nitrogens with zero attached hydrogens (tertiary/aromatic N) is 5. The van der Waals surface area contributed by atoms with Crippen molar-refractivity contribution in [1.82, 2.24) is 24.4 Å². The normalized spacial score (nSPS) is 13.0. The minimum atomic E-state index is -0.0550. The van der Waals surface area contributed by atoms with Gasteiger partial charge in [-0.3, -0.25) is 4.57 Å². The molecule has 2 rings (SSSR count). The van der Waals surface area contributed by atoms with Crippen LogP contribution in [-0.2, 0) is 6.54 Å². The molecule has 2 aromatic rings. The number of aromatic nitrogens is 4. The number of rotatable bonds is 11. The number of nitrogen functional groups attached to an aromatic ring is 1. The Kier molecular flexibility index (Phi) is 7.65. The number of fused-ring (bicyclic) bond motifs is 1. The average Bonchev–Trinajstić information content (AvgIpc) is 2.94. The third-order valence-electron chi connectivity index (χ3n) is 5.22. The van der Waals surface area contributed by atoms with Crippen molar-refractivity contribution >= 4 is 22.9 Å². The topological polar surface area (TPSA) is 105 Å². The van der Waals surface area contributed by atoms with Gasteiger partial charge >= 0.3 is 0 Å². The molecule has 2 heterocycles. The first-order valence-electron chi connectivity index (χ1n) is 10.0. The molecule has 0 aliphatic rings. The lowest BCUT2D eigenvalue weighted by molar-refractivity contribution is 0.203. The summed E-state index contributed by atoms with van der Waals surface area (Å²) >= 11 is 0. The fourth-order valence-electron chi connectivity index (χ4n) is 3.02. The summed E-state index contributed by atoms with van der Waals surface area (Å²) in [7, 11) is 2.16. The number of nitrogens with one attached hydrogen (secondary N) is 1. The van der Waals surface area contributed by atoms with Crippen LogP contribution in [0.5, 0.6) is 6.01 Å². The lowest BCUT2D eigenvalue weighted by atomic mass is 10.1. The van der Waals surface area contributed by atoms with Crippen LogP contribution in [0.25, 0.3) is 11.2 Å². The van der Waals surface area contributed by atoms with Gasteiger partial charge in [0.1, 0.15) is 0 Å². The first kappa shape index (κ1) is 21.2. The van der Waals surface area contributed by atoms with Crippen molar-refractivity contribution in [3.63, 3.8) is 0 Å². The van der Waals surface area contributed by atoms with Gasteiger partial charge in [0.15, 0.2) is 17.0 Å². The molecule has 27 heavy (non-hydrogen) atoms. The molecule has 1 atom stereocenters. The molecule has 0 aliphatic heterocycles. The highest BCUT2D eigenvalue weighted by Gasteiger charge is 2.16. The molecule has 0 unspecified atom stereocenters. The molecule has 0 aromatic carbocycles. The summed E-state index contributed by atoms with van der Waals surface area (Å²) in [6, 6.07) is 0.498. The van der Waals surface area contributed by atoms with Crippen molar-refractivity contribution in [2.24, 2.45) is 5.92 Å². The summed E-state index contributed by atoms with van der Waals surface area (Å²) in [5.41, 5.74) is 7.06. The number of nitrogens with two attached hydrogens (primary N) is 1. The number of hydrogen-bond acceptors (Lipinski definition) is 7. The van der Waals surface area contributed by atoms with Crippen LogP contribution in [0.1, 0.15) is 53.4 Å². The van der Waals surface area contributed by atoms with Crippen molar-refractivity contribution < 1.29 is 5.11 Å². The van der Waals surface area contributed by atoms with Gasteiger partial charge in [-0.15, -0.1) is 0 Å². The second kappa shape index (κ2) is 9.73. The lowest BCUT2D eigenvalue weighted by Crippen LogP contribution is -2.34. The van der Waals surface area contributed by atoms with E-state index in [-0.39, 0.29) is 6.01 Å². The van der Waals surface area contributed by atoms with Crippen LogP contribution in [0.3, 0.4) is 0 Å². The summed E-state index contributed by atoms with van der Waals surface area (Å²) in [5, 5.41) is 13.4. The first-order chi connectivity index (χ1) is 12.8. The van der Waals surface area contributed by atoms with Gasteiger partial charge in [0, 0.05) is 19.1 Å². The van der Waals surface area contributed by atoms with E-state index in [1.807, 2.05) is 0 Å². The summed E-state index contributed by atoms with van der Waals surface area (Å²) in [4.78, 5) is 15.3. The Bertz CT molecular complexity index is 728. The van der Waals surface area contributed by atoms with Crippen molar-refractivity contribution in [2.75, 3.05) is 31.2 Å². The van der Waals surface area contributed by atoms with Gasteiger partial charge in [-0.25, -0.2) is 0 Å². The fourth-order valence-corrected chi connectivity index (χ4v) is 3.02. The summed E-state index contributed by atoms with van der Waals surface area (Å²) in [6.07, 6.45) is 4.09. The van der Waals surface area contributed by atoms with Gasteiger partial charge in [0.25, 0.3) is 6.01 Å². The van der Waals surface area contributed by atoms with Gasteiger partial charge in [-0.2, -0.15) is 15.0 Å². The molecule has 0 fully saturated rings. The van der Waals surface area contributed by atoms with Gasteiger partial charge in [-0.05, 0) is 45.7 Å². The molecule has 0 radical (unpaired) electrons. The molecular weight excluding hydrogens is 342 g/mol. The van der Waals surface area contributed by atoms with E-state index in [2.05, 4.69) is 59.9 Å². The Morgan fingerprint density at radius 2 is 1.89 bits per heavy atom. The monoisotopic (exact) mass is 377 g/mol. The van der Waals surface area contributed by atoms with Crippen molar-refractivity contribution in [2.45, 2.75) is 66.0 Å². The minimum Gasteiger partial charge on any atom is -0.480 e. The fraction of sp³-hybridized carbons (Fsp3) is 0.737. The Hall–Kier alpha value is -2.09. The molecule has 0 saturated carbocycles. The van der Waals surface area contributed by atoms with Gasteiger partial charge in [-0.1, -0.05) is 27.2 Å². The van der Waals surface area contributed by atoms with E-state index in [4.69, 9.17) is 5.73 Å². The molecule has 152 valence electrons. The molecule has 0 aliphatic carbocycles. The largest absolute Gasteiger partial charge is 0.480 e. The maximum atomic E-state index is 10.2. The van der Waals surface area contributed by atoms with E-state index in [1.54, 1.807) is 4.57 Å². The number of unbranched alkanes of at least 4 members (excludes halogenated alkanes) is 2. The summed E-state index contributed by atoms with van der Waals surface area (Å²) in [6.45, 7) is 11.3. The van der Waals surface area contributed by atoms with E-state index in [9.17, 15) is 5.11 Å². The zero-order chi connectivity index (χ0) is 20.0. The first-order valence-corrected chi connectivity index (χ1v) is 10.0. The second-order valence-electron chi connectivity index (χ2n) is 7.62. The van der Waals surface area contributed by atoms with Crippen LogP contribution in [-0.4, -0.2) is 55.7 Å². The van der Waals surface area contributed by atoms with Crippen LogP contribution in [0, 0.1) is 5.92 Å². The van der Waals surface area contributed by atoms with E-state index in [0.717, 1.165) is 38.8 Å². The maximum absolute atomic E-state index is 10.2. The molecular formula is C19H35N7O. The zero-order valence-electron chi connectivity index (χ0n) is 17.4. The van der Waals surface area contributed by atoms with Gasteiger partial charge in [0.05, 0.1) is 0 Å². The summed E-state index contributed by atoms with van der Waals surface area (Å²) < 4.78 is 1.73. The standard InChI is InChI=1S/C19H35N7O/c1-6-7-10-21-18-23-16(20)15-17(24-18)26(19(27)22-15)12-9-8-11-25(5)14(4)13(2)3/h13-14H,6-12H2,1-5H3,(H,22,27)(H3,20,21,23,24)/t14-/m1/s1. The van der Waals surface area contributed by atoms with Crippen LogP contribution < -0.4 is 11.1 Å². The Labute approximate surface area is 162 Å². The predicted molar refractivity (Wildman–Crippen MR) is 111 cm³/mol. The third-order valence-corrected chi connectivity index (χ3v) is 5.22. The van der Waals surface area contributed by atoms with E-state index < -0.39 is 0 Å². The Morgan fingerprint density at radius 3 is 2.56 bits per heavy atom. The average molecular weight is 378 g/mol. The molecule has 4 N–H and O–H groups in total. The number of aryl methyl sites for hydroxylation is 1. The molecule has 0 bridgehead atoms. The van der Waals surface area contributed by atoms with Crippen molar-refractivity contribution in [3.05, 3.63) is 0 Å². The van der Waals surface area contributed by atoms with Gasteiger partial charge < -0.3 is 21.1 Å². The van der Waals surface area contributed by atoms with E-state index in [0.29, 0.717) is 41.4 Å². The summed E-state index contributed by atoms with van der Waals surface area (Å²) in [5.74, 6) is 1.41. The van der Waals surface area contributed by atoms with Gasteiger partial charge in [0.2, 0.25) is 5.95 Å².